The molecule has 0 aliphatic heterocycles. The van der Waals surface area contributed by atoms with Gasteiger partial charge >= 0.3 is 0 Å². The fourth-order valence-electron chi connectivity index (χ4n) is 4.57. The normalized spacial score (nSPS) is 15.1. The highest BCUT2D eigenvalue weighted by Gasteiger charge is 2.49. The zero-order chi connectivity index (χ0) is 24.9. The van der Waals surface area contributed by atoms with Gasteiger partial charge in [-0.05, 0) is 74.6 Å². The molecule has 34 heavy (non-hydrogen) atoms. The van der Waals surface area contributed by atoms with Crippen LogP contribution in [0.3, 0.4) is 0 Å². The van der Waals surface area contributed by atoms with E-state index >= 15 is 0 Å². The quantitative estimate of drug-likeness (QED) is 0.216. The molecule has 2 atom stereocenters. The van der Waals surface area contributed by atoms with Gasteiger partial charge in [0.15, 0.2) is 0 Å². The molecule has 2 aromatic carbocycles. The van der Waals surface area contributed by atoms with Gasteiger partial charge in [-0.25, -0.2) is 0 Å². The van der Waals surface area contributed by atoms with E-state index in [0.29, 0.717) is 0 Å². The molecule has 2 aromatic rings. The Bertz CT molecular complexity index is 725. The third-order valence-corrected chi connectivity index (χ3v) is 7.34. The Morgan fingerprint density at radius 3 is 1.12 bits per heavy atom. The molecule has 0 saturated heterocycles. The molecule has 0 N–H and O–H groups in total. The summed E-state index contributed by atoms with van der Waals surface area (Å²) in [7, 11) is 0. The van der Waals surface area contributed by atoms with Crippen LogP contribution in [0.2, 0.25) is 0 Å². The van der Waals surface area contributed by atoms with Gasteiger partial charge in [0.05, 0.1) is 0 Å². The van der Waals surface area contributed by atoms with E-state index in [-0.39, 0.29) is 0 Å². The van der Waals surface area contributed by atoms with Crippen molar-refractivity contribution in [3.8, 4) is 0 Å². The van der Waals surface area contributed by atoms with Crippen molar-refractivity contribution in [1.29, 1.82) is 0 Å². The maximum atomic E-state index is 6.80. The molecule has 0 aliphatic rings. The van der Waals surface area contributed by atoms with Crippen LogP contribution < -0.4 is 0 Å². The van der Waals surface area contributed by atoms with Crippen molar-refractivity contribution in [1.82, 2.24) is 0 Å². The van der Waals surface area contributed by atoms with Crippen molar-refractivity contribution in [2.24, 2.45) is 0 Å². The van der Waals surface area contributed by atoms with Crippen molar-refractivity contribution < 1.29 is 9.47 Å². The number of aryl methyl sites for hydroxylation is 2. The fraction of sp³-hybridized carbons (Fsp3) is 0.625. The predicted molar refractivity (Wildman–Crippen MR) is 147 cm³/mol. The van der Waals surface area contributed by atoms with Gasteiger partial charge in [0.1, 0.15) is 11.2 Å². The van der Waals surface area contributed by atoms with E-state index in [2.05, 4.69) is 90.1 Å². The van der Waals surface area contributed by atoms with Gasteiger partial charge in [-0.1, -0.05) is 102 Å². The Balaban J connectivity index is 2.49. The molecule has 2 unspecified atom stereocenters. The van der Waals surface area contributed by atoms with Gasteiger partial charge in [0.2, 0.25) is 0 Å². The minimum Gasteiger partial charge on any atom is -0.367 e. The van der Waals surface area contributed by atoms with Gasteiger partial charge in [0.25, 0.3) is 0 Å². The maximum absolute atomic E-state index is 6.80. The molecule has 0 amide bonds. The van der Waals surface area contributed by atoms with Crippen molar-refractivity contribution in [2.75, 3.05) is 13.2 Å². The van der Waals surface area contributed by atoms with Crippen LogP contribution in [0.15, 0.2) is 48.5 Å². The molecule has 0 fully saturated rings. The van der Waals surface area contributed by atoms with E-state index in [1.54, 1.807) is 0 Å². The second kappa shape index (κ2) is 14.7. The Kier molecular flexibility index (Phi) is 12.4. The summed E-state index contributed by atoms with van der Waals surface area (Å²) in [4.78, 5) is 0. The minimum atomic E-state index is -0.593. The lowest BCUT2D eigenvalue weighted by Crippen LogP contribution is -2.49. The Labute approximate surface area is 210 Å². The standard InChI is InChI=1S/C32H50O2/c1-7-11-15-27-17-21-29(22-18-27)31(5,33-25-13-9-3)32(6,34-26-14-10-4)30-23-19-28(20-24-30)16-12-8-2/h17-24H,7-16,25-26H2,1-6H3. The Hall–Kier alpha value is -1.64. The molecule has 0 bridgehead atoms. The second-order valence-electron chi connectivity index (χ2n) is 10.1. The molecule has 2 nitrogen and oxygen atoms in total. The highest BCUT2D eigenvalue weighted by atomic mass is 16.6. The molecule has 190 valence electrons. The summed E-state index contributed by atoms with van der Waals surface area (Å²) >= 11 is 0. The zero-order valence-electron chi connectivity index (χ0n) is 22.9. The average Bonchev–Trinajstić information content (AvgIpc) is 2.86. The second-order valence-corrected chi connectivity index (χ2v) is 10.1. The first-order chi connectivity index (χ1) is 16.4. The van der Waals surface area contributed by atoms with Gasteiger partial charge in [-0.3, -0.25) is 0 Å². The number of benzene rings is 2. The number of hydrogen-bond donors (Lipinski definition) is 0. The minimum absolute atomic E-state index is 0.593. The van der Waals surface area contributed by atoms with Crippen LogP contribution in [0.4, 0.5) is 0 Å². The SMILES string of the molecule is CCCCOC(C)(c1ccc(CCCC)cc1)C(C)(OCCCC)c1ccc(CCCC)cc1. The smallest absolute Gasteiger partial charge is 0.123 e. The van der Waals surface area contributed by atoms with Crippen LogP contribution in [0, 0.1) is 0 Å². The predicted octanol–water partition coefficient (Wildman–Crippen LogP) is 9.14. The van der Waals surface area contributed by atoms with Crippen LogP contribution in [-0.2, 0) is 33.5 Å². The molecule has 0 saturated carbocycles. The van der Waals surface area contributed by atoms with Crippen LogP contribution in [0.1, 0.15) is 115 Å². The summed E-state index contributed by atoms with van der Waals surface area (Å²) < 4.78 is 13.6. The summed E-state index contributed by atoms with van der Waals surface area (Å²) in [6.45, 7) is 14.9. The molecule has 0 aliphatic carbocycles. The summed E-state index contributed by atoms with van der Waals surface area (Å²) in [6, 6.07) is 18.2. The molecule has 2 heteroatoms. The number of hydrogen-bond acceptors (Lipinski definition) is 2. The highest BCUT2D eigenvalue weighted by Crippen LogP contribution is 2.46. The lowest BCUT2D eigenvalue weighted by Gasteiger charge is -2.47. The molecule has 0 heterocycles. The topological polar surface area (TPSA) is 18.5 Å². The summed E-state index contributed by atoms with van der Waals surface area (Å²) in [6.07, 6.45) is 11.5. The van der Waals surface area contributed by atoms with E-state index < -0.39 is 11.2 Å². The summed E-state index contributed by atoms with van der Waals surface area (Å²) in [5, 5.41) is 0. The molecule has 0 aromatic heterocycles. The fourth-order valence-corrected chi connectivity index (χ4v) is 4.57. The van der Waals surface area contributed by atoms with Crippen molar-refractivity contribution >= 4 is 0 Å². The van der Waals surface area contributed by atoms with E-state index in [0.717, 1.165) is 51.7 Å². The molecule has 0 spiro atoms. The first-order valence-corrected chi connectivity index (χ1v) is 13.9. The highest BCUT2D eigenvalue weighted by molar-refractivity contribution is 5.36. The monoisotopic (exact) mass is 466 g/mol. The van der Waals surface area contributed by atoms with Crippen molar-refractivity contribution in [2.45, 2.75) is 117 Å². The number of ether oxygens (including phenoxy) is 2. The third kappa shape index (κ3) is 7.43. The van der Waals surface area contributed by atoms with Crippen molar-refractivity contribution in [3.63, 3.8) is 0 Å². The van der Waals surface area contributed by atoms with Gasteiger partial charge < -0.3 is 9.47 Å². The first kappa shape index (κ1) is 28.6. The Morgan fingerprint density at radius 1 is 0.500 bits per heavy atom. The van der Waals surface area contributed by atoms with Gasteiger partial charge in [-0.2, -0.15) is 0 Å². The molecular formula is C32H50O2. The van der Waals surface area contributed by atoms with E-state index in [1.807, 2.05) is 0 Å². The molecule has 2 rings (SSSR count). The van der Waals surface area contributed by atoms with Crippen LogP contribution in [0.5, 0.6) is 0 Å². The number of unbranched alkanes of at least 4 members (excludes halogenated alkanes) is 4. The average molecular weight is 467 g/mol. The summed E-state index contributed by atoms with van der Waals surface area (Å²) in [5.74, 6) is 0. The third-order valence-electron chi connectivity index (χ3n) is 7.34. The lowest BCUT2D eigenvalue weighted by atomic mass is 9.74. The zero-order valence-corrected chi connectivity index (χ0v) is 22.9. The lowest BCUT2D eigenvalue weighted by molar-refractivity contribution is -0.207. The first-order valence-electron chi connectivity index (χ1n) is 13.9. The van der Waals surface area contributed by atoms with Crippen LogP contribution in [0.25, 0.3) is 0 Å². The van der Waals surface area contributed by atoms with Crippen LogP contribution in [-0.4, -0.2) is 13.2 Å². The van der Waals surface area contributed by atoms with Crippen molar-refractivity contribution in [3.05, 3.63) is 70.8 Å². The largest absolute Gasteiger partial charge is 0.367 e. The van der Waals surface area contributed by atoms with Crippen LogP contribution >= 0.6 is 0 Å². The molecular weight excluding hydrogens is 416 g/mol. The maximum Gasteiger partial charge on any atom is 0.123 e. The van der Waals surface area contributed by atoms with Gasteiger partial charge in [0, 0.05) is 13.2 Å². The Morgan fingerprint density at radius 2 is 0.824 bits per heavy atom. The number of rotatable bonds is 17. The summed E-state index contributed by atoms with van der Waals surface area (Å²) in [5.41, 5.74) is 4.00. The van der Waals surface area contributed by atoms with E-state index in [1.165, 1.54) is 47.9 Å². The van der Waals surface area contributed by atoms with Gasteiger partial charge in [-0.15, -0.1) is 0 Å². The molecule has 0 radical (unpaired) electrons. The van der Waals surface area contributed by atoms with E-state index in [4.69, 9.17) is 9.47 Å². The van der Waals surface area contributed by atoms with E-state index in [9.17, 15) is 0 Å².